The molecule has 0 spiro atoms. The summed E-state index contributed by atoms with van der Waals surface area (Å²) in [5, 5.41) is 2.53. The molecule has 164 valence electrons. The fourth-order valence-electron chi connectivity index (χ4n) is 2.50. The molecule has 2 amide bonds. The minimum absolute atomic E-state index is 0.189. The number of hydrogen-bond donors (Lipinski definition) is 1. The third kappa shape index (κ3) is 10.7. The SMILES string of the molecule is CCOC(=O)NCCc1ccccc1F.CN1CCN(C(=O)OC(C)(C)C)CC1. The van der Waals surface area contributed by atoms with Crippen LogP contribution in [0.2, 0.25) is 0 Å². The molecule has 29 heavy (non-hydrogen) atoms. The number of carbonyl (C=O) groups is 2. The molecule has 1 aromatic rings. The van der Waals surface area contributed by atoms with Crippen LogP contribution >= 0.6 is 0 Å². The Kier molecular flexibility index (Phi) is 10.4. The number of hydrogen-bond acceptors (Lipinski definition) is 5. The number of nitrogens with one attached hydrogen (secondary N) is 1. The molecule has 7 nitrogen and oxygen atoms in total. The standard InChI is InChI=1S/C11H14FNO2.C10H20N2O2/c1-2-15-11(14)13-8-7-9-5-3-4-6-10(9)12;1-10(2,3)14-9(13)12-7-5-11(4)6-8-12/h3-6H,2,7-8H2,1H3,(H,13,14);5-8H2,1-4H3. The van der Waals surface area contributed by atoms with Gasteiger partial charge in [-0.2, -0.15) is 0 Å². The Morgan fingerprint density at radius 1 is 1.14 bits per heavy atom. The number of benzene rings is 1. The van der Waals surface area contributed by atoms with Crippen LogP contribution in [-0.4, -0.2) is 74.0 Å². The lowest BCUT2D eigenvalue weighted by Crippen LogP contribution is -2.48. The summed E-state index contributed by atoms with van der Waals surface area (Å²) in [7, 11) is 2.06. The smallest absolute Gasteiger partial charge is 0.410 e. The van der Waals surface area contributed by atoms with Crippen LogP contribution in [0.25, 0.3) is 0 Å². The monoisotopic (exact) mass is 411 g/mol. The Labute approximate surface area is 173 Å². The summed E-state index contributed by atoms with van der Waals surface area (Å²) in [5.74, 6) is -0.247. The first-order valence-corrected chi connectivity index (χ1v) is 9.93. The highest BCUT2D eigenvalue weighted by molar-refractivity contribution is 5.68. The Morgan fingerprint density at radius 2 is 1.76 bits per heavy atom. The van der Waals surface area contributed by atoms with Crippen molar-refractivity contribution in [3.05, 3.63) is 35.6 Å². The zero-order valence-corrected chi connectivity index (χ0v) is 18.2. The van der Waals surface area contributed by atoms with Crippen molar-refractivity contribution in [1.82, 2.24) is 15.1 Å². The molecule has 2 rings (SSSR count). The maximum Gasteiger partial charge on any atom is 0.410 e. The van der Waals surface area contributed by atoms with Gasteiger partial charge in [0.25, 0.3) is 0 Å². The summed E-state index contributed by atoms with van der Waals surface area (Å²) >= 11 is 0. The van der Waals surface area contributed by atoms with E-state index in [-0.39, 0.29) is 17.5 Å². The van der Waals surface area contributed by atoms with Gasteiger partial charge in [0.15, 0.2) is 0 Å². The highest BCUT2D eigenvalue weighted by Crippen LogP contribution is 2.11. The van der Waals surface area contributed by atoms with E-state index in [1.165, 1.54) is 6.07 Å². The lowest BCUT2D eigenvalue weighted by atomic mass is 10.1. The van der Waals surface area contributed by atoms with E-state index in [0.29, 0.717) is 25.1 Å². The van der Waals surface area contributed by atoms with E-state index >= 15 is 0 Å². The van der Waals surface area contributed by atoms with Crippen molar-refractivity contribution in [1.29, 1.82) is 0 Å². The molecule has 0 unspecified atom stereocenters. The van der Waals surface area contributed by atoms with Crippen LogP contribution in [0.3, 0.4) is 0 Å². The van der Waals surface area contributed by atoms with Crippen molar-refractivity contribution >= 4 is 12.2 Å². The highest BCUT2D eigenvalue weighted by atomic mass is 19.1. The van der Waals surface area contributed by atoms with Gasteiger partial charge in [0, 0.05) is 32.7 Å². The molecular weight excluding hydrogens is 377 g/mol. The molecule has 1 heterocycles. The second kappa shape index (κ2) is 12.3. The zero-order chi connectivity index (χ0) is 21.9. The first-order valence-electron chi connectivity index (χ1n) is 9.93. The molecule has 0 radical (unpaired) electrons. The van der Waals surface area contributed by atoms with Gasteiger partial charge < -0.3 is 24.6 Å². The predicted molar refractivity (Wildman–Crippen MR) is 110 cm³/mol. The fraction of sp³-hybridized carbons (Fsp3) is 0.619. The number of carbonyl (C=O) groups excluding carboxylic acids is 2. The topological polar surface area (TPSA) is 71.1 Å². The van der Waals surface area contributed by atoms with E-state index in [9.17, 15) is 14.0 Å². The van der Waals surface area contributed by atoms with E-state index in [1.807, 2.05) is 20.8 Å². The van der Waals surface area contributed by atoms with Crippen LogP contribution in [0.1, 0.15) is 33.3 Å². The van der Waals surface area contributed by atoms with Crippen LogP contribution < -0.4 is 5.32 Å². The second-order valence-electron chi connectivity index (χ2n) is 7.76. The van der Waals surface area contributed by atoms with Crippen LogP contribution in [0, 0.1) is 5.82 Å². The molecule has 0 saturated carbocycles. The van der Waals surface area contributed by atoms with Gasteiger partial charge in [0.05, 0.1) is 6.61 Å². The van der Waals surface area contributed by atoms with Gasteiger partial charge in [-0.15, -0.1) is 0 Å². The molecule has 1 aromatic carbocycles. The second-order valence-corrected chi connectivity index (χ2v) is 7.76. The Bertz CT molecular complexity index is 641. The summed E-state index contributed by atoms with van der Waals surface area (Å²) in [6.45, 7) is 11.5. The van der Waals surface area contributed by atoms with Crippen molar-refractivity contribution in [2.75, 3.05) is 46.4 Å². The summed E-state index contributed by atoms with van der Waals surface area (Å²) in [6, 6.07) is 6.50. The molecule has 1 saturated heterocycles. The van der Waals surface area contributed by atoms with Gasteiger partial charge in [-0.3, -0.25) is 0 Å². The lowest BCUT2D eigenvalue weighted by molar-refractivity contribution is 0.0164. The van der Waals surface area contributed by atoms with E-state index in [2.05, 4.69) is 22.0 Å². The van der Waals surface area contributed by atoms with Gasteiger partial charge >= 0.3 is 12.2 Å². The minimum Gasteiger partial charge on any atom is -0.450 e. The molecule has 1 aliphatic heterocycles. The van der Waals surface area contributed by atoms with E-state index in [1.54, 1.807) is 30.0 Å². The van der Waals surface area contributed by atoms with Crippen LogP contribution in [0.15, 0.2) is 24.3 Å². The Morgan fingerprint density at radius 3 is 2.31 bits per heavy atom. The number of ether oxygens (including phenoxy) is 2. The first-order chi connectivity index (χ1) is 13.6. The first kappa shape index (κ1) is 24.7. The Hall–Kier alpha value is -2.35. The number of nitrogens with zero attached hydrogens (tertiary/aromatic N) is 2. The summed E-state index contributed by atoms with van der Waals surface area (Å²) in [4.78, 5) is 26.5. The molecule has 1 aliphatic rings. The molecule has 0 bridgehead atoms. The number of rotatable bonds is 4. The minimum atomic E-state index is -0.464. The molecule has 0 aromatic heterocycles. The molecule has 0 aliphatic carbocycles. The van der Waals surface area contributed by atoms with Gasteiger partial charge in [-0.05, 0) is 52.8 Å². The predicted octanol–water partition coefficient (Wildman–Crippen LogP) is 3.28. The fourth-order valence-corrected chi connectivity index (χ4v) is 2.50. The van der Waals surface area contributed by atoms with Gasteiger partial charge in [-0.1, -0.05) is 18.2 Å². The summed E-state index contributed by atoms with van der Waals surface area (Å²) in [5.41, 5.74) is 0.203. The maximum absolute atomic E-state index is 13.1. The number of amides is 2. The van der Waals surface area contributed by atoms with E-state index < -0.39 is 6.09 Å². The van der Waals surface area contributed by atoms with Crippen molar-refractivity contribution in [2.24, 2.45) is 0 Å². The van der Waals surface area contributed by atoms with E-state index in [4.69, 9.17) is 4.74 Å². The average molecular weight is 412 g/mol. The third-order valence-electron chi connectivity index (χ3n) is 4.05. The van der Waals surface area contributed by atoms with Crippen molar-refractivity contribution in [2.45, 2.75) is 39.7 Å². The van der Waals surface area contributed by atoms with Crippen molar-refractivity contribution < 1.29 is 23.5 Å². The number of alkyl carbamates (subject to hydrolysis) is 1. The summed E-state index contributed by atoms with van der Waals surface area (Å²) < 4.78 is 23.1. The number of halogens is 1. The molecule has 1 fully saturated rings. The molecule has 0 atom stereocenters. The molecule has 1 N–H and O–H groups in total. The number of likely N-dealkylation sites (N-methyl/N-ethyl adjacent to an activating group) is 1. The van der Waals surface area contributed by atoms with Crippen LogP contribution in [-0.2, 0) is 15.9 Å². The molecule has 8 heteroatoms. The average Bonchev–Trinajstić information content (AvgIpc) is 2.63. The molecular formula is C21H34FN3O4. The number of piperazine rings is 1. The largest absolute Gasteiger partial charge is 0.450 e. The van der Waals surface area contributed by atoms with Crippen LogP contribution in [0.4, 0.5) is 14.0 Å². The third-order valence-corrected chi connectivity index (χ3v) is 4.05. The maximum atomic E-state index is 13.1. The van der Waals surface area contributed by atoms with Crippen molar-refractivity contribution in [3.8, 4) is 0 Å². The Balaban J connectivity index is 0.000000291. The van der Waals surface area contributed by atoms with Crippen LogP contribution in [0.5, 0.6) is 0 Å². The summed E-state index contributed by atoms with van der Waals surface area (Å²) in [6.07, 6.45) is -0.190. The normalized spacial score (nSPS) is 14.5. The van der Waals surface area contributed by atoms with Crippen molar-refractivity contribution in [3.63, 3.8) is 0 Å². The highest BCUT2D eigenvalue weighted by Gasteiger charge is 2.24. The quantitative estimate of drug-likeness (QED) is 0.823. The lowest BCUT2D eigenvalue weighted by Gasteiger charge is -2.33. The van der Waals surface area contributed by atoms with Gasteiger partial charge in [-0.25, -0.2) is 14.0 Å². The van der Waals surface area contributed by atoms with Gasteiger partial charge in [0.1, 0.15) is 11.4 Å². The van der Waals surface area contributed by atoms with Gasteiger partial charge in [0.2, 0.25) is 0 Å². The zero-order valence-electron chi connectivity index (χ0n) is 18.2. The van der Waals surface area contributed by atoms with E-state index in [0.717, 1.165) is 26.2 Å².